The summed E-state index contributed by atoms with van der Waals surface area (Å²) in [5.41, 5.74) is 1.77. The lowest BCUT2D eigenvalue weighted by Crippen LogP contribution is -2.45. The predicted molar refractivity (Wildman–Crippen MR) is 115 cm³/mol. The molecule has 2 amide bonds. The average molecular weight is 419 g/mol. The Kier molecular flexibility index (Phi) is 7.31. The summed E-state index contributed by atoms with van der Waals surface area (Å²) in [6.45, 7) is 0.0667. The molecule has 0 aliphatic heterocycles. The fraction of sp³-hybridized carbons (Fsp3) is 0.130. The Morgan fingerprint density at radius 1 is 0.903 bits per heavy atom. The Balaban J connectivity index is 1.69. The minimum absolute atomic E-state index is 0.0667. The standard InChI is InChI=1S/C23H21N3O5/c27-22(24-19-12-7-13-20(15-19)26(29)30)21(14-17-8-3-1-4-9-17)25-23(28)31-16-18-10-5-2-6-11-18/h1-13,15,21H,14,16H2,(H,24,27)(H,25,28)/t21-/m0/s1. The maximum atomic E-state index is 12.9. The average Bonchev–Trinajstić information content (AvgIpc) is 2.79. The smallest absolute Gasteiger partial charge is 0.408 e. The summed E-state index contributed by atoms with van der Waals surface area (Å²) >= 11 is 0. The molecule has 158 valence electrons. The van der Waals surface area contributed by atoms with Gasteiger partial charge in [0.05, 0.1) is 4.92 Å². The van der Waals surface area contributed by atoms with Gasteiger partial charge in [-0.15, -0.1) is 0 Å². The quantitative estimate of drug-likeness (QED) is 0.422. The van der Waals surface area contributed by atoms with Crippen LogP contribution in [0.25, 0.3) is 0 Å². The zero-order chi connectivity index (χ0) is 22.1. The van der Waals surface area contributed by atoms with E-state index in [0.29, 0.717) is 0 Å². The van der Waals surface area contributed by atoms with Crippen LogP contribution in [0.4, 0.5) is 16.2 Å². The minimum Gasteiger partial charge on any atom is -0.445 e. The number of nitro benzene ring substituents is 1. The second-order valence-electron chi connectivity index (χ2n) is 6.75. The number of hydrogen-bond donors (Lipinski definition) is 2. The van der Waals surface area contributed by atoms with Crippen LogP contribution in [0, 0.1) is 10.1 Å². The van der Waals surface area contributed by atoms with E-state index in [2.05, 4.69) is 10.6 Å². The van der Waals surface area contributed by atoms with E-state index in [1.165, 1.54) is 24.3 Å². The molecule has 31 heavy (non-hydrogen) atoms. The molecule has 0 saturated carbocycles. The van der Waals surface area contributed by atoms with Gasteiger partial charge >= 0.3 is 6.09 Å². The maximum Gasteiger partial charge on any atom is 0.408 e. The highest BCUT2D eigenvalue weighted by molar-refractivity contribution is 5.97. The highest BCUT2D eigenvalue weighted by Crippen LogP contribution is 2.17. The molecule has 2 N–H and O–H groups in total. The van der Waals surface area contributed by atoms with Gasteiger partial charge in [0.25, 0.3) is 5.69 Å². The molecule has 8 heteroatoms. The first-order valence-corrected chi connectivity index (χ1v) is 9.58. The van der Waals surface area contributed by atoms with Crippen molar-refractivity contribution in [2.24, 2.45) is 0 Å². The second-order valence-corrected chi connectivity index (χ2v) is 6.75. The molecule has 8 nitrogen and oxygen atoms in total. The van der Waals surface area contributed by atoms with Crippen LogP contribution in [-0.2, 0) is 22.6 Å². The van der Waals surface area contributed by atoms with Crippen molar-refractivity contribution < 1.29 is 19.2 Å². The largest absolute Gasteiger partial charge is 0.445 e. The Hall–Kier alpha value is -4.20. The molecular formula is C23H21N3O5. The number of nitrogens with one attached hydrogen (secondary N) is 2. The predicted octanol–water partition coefficient (Wildman–Crippen LogP) is 4.07. The van der Waals surface area contributed by atoms with Crippen molar-refractivity contribution in [3.8, 4) is 0 Å². The number of ether oxygens (including phenoxy) is 1. The highest BCUT2D eigenvalue weighted by atomic mass is 16.6. The molecule has 0 bridgehead atoms. The van der Waals surface area contributed by atoms with Crippen LogP contribution in [0.3, 0.4) is 0 Å². The van der Waals surface area contributed by atoms with Crippen molar-refractivity contribution in [2.45, 2.75) is 19.1 Å². The zero-order valence-corrected chi connectivity index (χ0v) is 16.6. The van der Waals surface area contributed by atoms with Gasteiger partial charge in [-0.25, -0.2) is 4.79 Å². The molecule has 0 aliphatic rings. The number of carbonyl (C=O) groups is 2. The molecule has 1 atom stereocenters. The molecule has 0 spiro atoms. The molecule has 3 aromatic rings. The minimum atomic E-state index is -0.940. The van der Waals surface area contributed by atoms with E-state index in [4.69, 9.17) is 4.74 Å². The third-order valence-corrected chi connectivity index (χ3v) is 4.43. The maximum absolute atomic E-state index is 12.9. The first-order valence-electron chi connectivity index (χ1n) is 9.58. The van der Waals surface area contributed by atoms with E-state index in [-0.39, 0.29) is 24.4 Å². The van der Waals surface area contributed by atoms with Crippen molar-refractivity contribution in [1.29, 1.82) is 0 Å². The monoisotopic (exact) mass is 419 g/mol. The van der Waals surface area contributed by atoms with Crippen molar-refractivity contribution >= 4 is 23.4 Å². The van der Waals surface area contributed by atoms with Crippen molar-refractivity contribution in [3.05, 3.63) is 106 Å². The first kappa shape index (κ1) is 21.5. The molecule has 0 aliphatic carbocycles. The van der Waals surface area contributed by atoms with Gasteiger partial charge < -0.3 is 15.4 Å². The number of nitrogens with zero attached hydrogens (tertiary/aromatic N) is 1. The number of nitro groups is 1. The Labute approximate surface area is 179 Å². The van der Waals surface area contributed by atoms with Crippen molar-refractivity contribution in [2.75, 3.05) is 5.32 Å². The fourth-order valence-electron chi connectivity index (χ4n) is 2.89. The highest BCUT2D eigenvalue weighted by Gasteiger charge is 2.23. The van der Waals surface area contributed by atoms with E-state index in [9.17, 15) is 19.7 Å². The number of rotatable bonds is 8. The summed E-state index contributed by atoms with van der Waals surface area (Å²) in [6.07, 6.45) is -0.513. The molecule has 0 unspecified atom stereocenters. The zero-order valence-electron chi connectivity index (χ0n) is 16.6. The van der Waals surface area contributed by atoms with Gasteiger partial charge in [0.15, 0.2) is 0 Å². The fourth-order valence-corrected chi connectivity index (χ4v) is 2.89. The van der Waals surface area contributed by atoms with Crippen LogP contribution in [0.2, 0.25) is 0 Å². The lowest BCUT2D eigenvalue weighted by molar-refractivity contribution is -0.384. The van der Waals surface area contributed by atoms with E-state index in [0.717, 1.165) is 11.1 Å². The molecule has 3 aromatic carbocycles. The summed E-state index contributed by atoms with van der Waals surface area (Å²) < 4.78 is 5.23. The lowest BCUT2D eigenvalue weighted by atomic mass is 10.1. The van der Waals surface area contributed by atoms with Gasteiger partial charge in [-0.05, 0) is 17.2 Å². The first-order chi connectivity index (χ1) is 15.0. The van der Waals surface area contributed by atoms with E-state index < -0.39 is 23.0 Å². The Morgan fingerprint density at radius 3 is 2.19 bits per heavy atom. The number of benzene rings is 3. The Bertz CT molecular complexity index is 1040. The molecule has 0 radical (unpaired) electrons. The third kappa shape index (κ3) is 6.67. The van der Waals surface area contributed by atoms with Gasteiger partial charge in [-0.3, -0.25) is 14.9 Å². The van der Waals surface area contributed by atoms with Crippen LogP contribution >= 0.6 is 0 Å². The van der Waals surface area contributed by atoms with Crippen LogP contribution in [0.5, 0.6) is 0 Å². The molecular weight excluding hydrogens is 398 g/mol. The number of amides is 2. The van der Waals surface area contributed by atoms with Crippen molar-refractivity contribution in [3.63, 3.8) is 0 Å². The third-order valence-electron chi connectivity index (χ3n) is 4.43. The normalized spacial score (nSPS) is 11.2. The molecule has 3 rings (SSSR count). The van der Waals surface area contributed by atoms with Gasteiger partial charge in [-0.1, -0.05) is 66.7 Å². The topological polar surface area (TPSA) is 111 Å². The lowest BCUT2D eigenvalue weighted by Gasteiger charge is -2.18. The van der Waals surface area contributed by atoms with Crippen LogP contribution in [0.1, 0.15) is 11.1 Å². The van der Waals surface area contributed by atoms with E-state index >= 15 is 0 Å². The van der Waals surface area contributed by atoms with Gasteiger partial charge in [-0.2, -0.15) is 0 Å². The molecule has 0 aromatic heterocycles. The number of alkyl carbamates (subject to hydrolysis) is 1. The molecule has 0 saturated heterocycles. The second kappa shape index (κ2) is 10.5. The summed E-state index contributed by atoms with van der Waals surface area (Å²) in [4.78, 5) is 35.6. The summed E-state index contributed by atoms with van der Waals surface area (Å²) in [6, 6.07) is 23.0. The summed E-state index contributed by atoms with van der Waals surface area (Å²) in [7, 11) is 0. The van der Waals surface area contributed by atoms with Gasteiger partial charge in [0.1, 0.15) is 12.6 Å². The molecule has 0 heterocycles. The summed E-state index contributed by atoms with van der Waals surface area (Å²) in [5, 5.41) is 16.2. The van der Waals surface area contributed by atoms with Gasteiger partial charge in [0.2, 0.25) is 5.91 Å². The number of carbonyl (C=O) groups excluding carboxylic acids is 2. The van der Waals surface area contributed by atoms with Crippen LogP contribution in [-0.4, -0.2) is 23.0 Å². The van der Waals surface area contributed by atoms with Crippen molar-refractivity contribution in [1.82, 2.24) is 5.32 Å². The SMILES string of the molecule is O=C(N[C@@H](Cc1ccccc1)C(=O)Nc1cccc([N+](=O)[O-])c1)OCc1ccccc1. The van der Waals surface area contributed by atoms with Crippen LogP contribution in [0.15, 0.2) is 84.9 Å². The van der Waals surface area contributed by atoms with Crippen LogP contribution < -0.4 is 10.6 Å². The Morgan fingerprint density at radius 2 is 1.55 bits per heavy atom. The molecule has 0 fully saturated rings. The number of non-ortho nitro benzene ring substituents is 1. The summed E-state index contributed by atoms with van der Waals surface area (Å²) in [5.74, 6) is -0.513. The number of anilines is 1. The van der Waals surface area contributed by atoms with E-state index in [1.807, 2.05) is 60.7 Å². The van der Waals surface area contributed by atoms with E-state index in [1.54, 1.807) is 0 Å². The number of hydrogen-bond acceptors (Lipinski definition) is 5. The van der Waals surface area contributed by atoms with Gasteiger partial charge in [0, 0.05) is 24.2 Å².